The molecule has 1 unspecified atom stereocenters. The second-order valence-electron chi connectivity index (χ2n) is 3.47. The highest BCUT2D eigenvalue weighted by Crippen LogP contribution is 2.21. The molecule has 1 N–H and O–H groups in total. The van der Waals surface area contributed by atoms with E-state index in [0.29, 0.717) is 18.0 Å². The van der Waals surface area contributed by atoms with Crippen LogP contribution in [-0.2, 0) is 9.53 Å². The van der Waals surface area contributed by atoms with Gasteiger partial charge in [0.05, 0.1) is 17.5 Å². The van der Waals surface area contributed by atoms with Crippen LogP contribution in [0.15, 0.2) is 0 Å². The maximum absolute atomic E-state index is 11.5. The number of alkyl carbamates (subject to hydrolysis) is 1. The molecule has 1 rings (SSSR count). The normalized spacial score (nSPS) is 20.9. The molecule has 1 amide bonds. The van der Waals surface area contributed by atoms with E-state index in [1.54, 1.807) is 6.92 Å². The molecule has 15 heavy (non-hydrogen) atoms. The lowest BCUT2D eigenvalue weighted by Gasteiger charge is -2.21. The third-order valence-corrected chi connectivity index (χ3v) is 2.76. The van der Waals surface area contributed by atoms with Crippen molar-refractivity contribution in [2.75, 3.05) is 6.61 Å². The van der Waals surface area contributed by atoms with Gasteiger partial charge in [-0.2, -0.15) is 0 Å². The highest BCUT2D eigenvalue weighted by molar-refractivity contribution is 7.80. The molecule has 1 atom stereocenters. The molecule has 0 aromatic heterocycles. The summed E-state index contributed by atoms with van der Waals surface area (Å²) in [6.45, 7) is 2.02. The van der Waals surface area contributed by atoms with Crippen LogP contribution < -0.4 is 5.32 Å². The Labute approximate surface area is 94.4 Å². The smallest absolute Gasteiger partial charge is 0.412 e. The standard InChI is InChI=1S/C10H15NO3S/c1-2-14-10(13)11-9(15)7-5-3-4-6-8(7)12/h7H,2-6H2,1H3,(H,11,13,15). The van der Waals surface area contributed by atoms with Gasteiger partial charge in [0.1, 0.15) is 5.78 Å². The van der Waals surface area contributed by atoms with Crippen molar-refractivity contribution in [3.05, 3.63) is 0 Å². The Kier molecular flexibility index (Phi) is 4.68. The van der Waals surface area contributed by atoms with Gasteiger partial charge in [0, 0.05) is 6.42 Å². The van der Waals surface area contributed by atoms with Crippen LogP contribution in [-0.4, -0.2) is 23.5 Å². The fraction of sp³-hybridized carbons (Fsp3) is 0.700. The minimum atomic E-state index is -0.569. The van der Waals surface area contributed by atoms with E-state index in [1.165, 1.54) is 0 Å². The molecule has 0 bridgehead atoms. The van der Waals surface area contributed by atoms with Crippen molar-refractivity contribution in [1.82, 2.24) is 5.32 Å². The van der Waals surface area contributed by atoms with Gasteiger partial charge in [-0.25, -0.2) is 4.79 Å². The first-order valence-electron chi connectivity index (χ1n) is 5.15. The molecule has 1 fully saturated rings. The molecular weight excluding hydrogens is 214 g/mol. The number of thiocarbonyl (C=S) groups is 1. The van der Waals surface area contributed by atoms with Crippen LogP contribution in [0.5, 0.6) is 0 Å². The molecule has 0 aliphatic heterocycles. The van der Waals surface area contributed by atoms with E-state index < -0.39 is 6.09 Å². The van der Waals surface area contributed by atoms with E-state index in [4.69, 9.17) is 12.2 Å². The number of nitrogens with one attached hydrogen (secondary N) is 1. The summed E-state index contributed by atoms with van der Waals surface area (Å²) in [5, 5.41) is 2.43. The second-order valence-corrected chi connectivity index (χ2v) is 3.91. The van der Waals surface area contributed by atoms with Crippen molar-refractivity contribution >= 4 is 29.1 Å². The molecule has 0 heterocycles. The maximum atomic E-state index is 11.5. The summed E-state index contributed by atoms with van der Waals surface area (Å²) in [5.74, 6) is -0.166. The zero-order valence-corrected chi connectivity index (χ0v) is 9.56. The third kappa shape index (κ3) is 3.58. The van der Waals surface area contributed by atoms with E-state index in [9.17, 15) is 9.59 Å². The zero-order valence-electron chi connectivity index (χ0n) is 8.75. The minimum Gasteiger partial charge on any atom is -0.450 e. The number of hydrogen-bond acceptors (Lipinski definition) is 4. The van der Waals surface area contributed by atoms with Gasteiger partial charge in [0.15, 0.2) is 0 Å². The molecule has 1 aliphatic carbocycles. The van der Waals surface area contributed by atoms with Crippen molar-refractivity contribution in [2.45, 2.75) is 32.6 Å². The van der Waals surface area contributed by atoms with Gasteiger partial charge in [-0.1, -0.05) is 18.6 Å². The highest BCUT2D eigenvalue weighted by atomic mass is 32.1. The second kappa shape index (κ2) is 5.80. The average Bonchev–Trinajstić information content (AvgIpc) is 2.18. The molecule has 0 radical (unpaired) electrons. The van der Waals surface area contributed by atoms with Gasteiger partial charge >= 0.3 is 6.09 Å². The number of carbonyl (C=O) groups excluding carboxylic acids is 2. The lowest BCUT2D eigenvalue weighted by molar-refractivity contribution is -0.122. The molecule has 1 saturated carbocycles. The maximum Gasteiger partial charge on any atom is 0.412 e. The summed E-state index contributed by atoms with van der Waals surface area (Å²) < 4.78 is 4.69. The number of ketones is 1. The van der Waals surface area contributed by atoms with E-state index in [2.05, 4.69) is 10.1 Å². The Balaban J connectivity index is 2.45. The van der Waals surface area contributed by atoms with Crippen LogP contribution >= 0.6 is 12.2 Å². The monoisotopic (exact) mass is 229 g/mol. The quantitative estimate of drug-likeness (QED) is 0.734. The molecule has 0 aromatic rings. The molecule has 0 spiro atoms. The zero-order chi connectivity index (χ0) is 11.3. The van der Waals surface area contributed by atoms with Gasteiger partial charge in [-0.3, -0.25) is 10.1 Å². The van der Waals surface area contributed by atoms with Crippen LogP contribution in [0, 0.1) is 5.92 Å². The number of hydrogen-bond donors (Lipinski definition) is 1. The van der Waals surface area contributed by atoms with Crippen LogP contribution in [0.4, 0.5) is 4.79 Å². The fourth-order valence-electron chi connectivity index (χ4n) is 1.62. The van der Waals surface area contributed by atoms with Crippen LogP contribution in [0.25, 0.3) is 0 Å². The molecule has 0 aromatic carbocycles. The van der Waals surface area contributed by atoms with Crippen LogP contribution in [0.3, 0.4) is 0 Å². The topological polar surface area (TPSA) is 55.4 Å². The summed E-state index contributed by atoms with van der Waals surface area (Å²) in [4.78, 5) is 22.9. The number of amides is 1. The molecule has 84 valence electrons. The van der Waals surface area contributed by atoms with Crippen molar-refractivity contribution in [2.24, 2.45) is 5.92 Å². The highest BCUT2D eigenvalue weighted by Gasteiger charge is 2.27. The van der Waals surface area contributed by atoms with Gasteiger partial charge in [-0.05, 0) is 19.8 Å². The first kappa shape index (κ1) is 12.1. The first-order valence-corrected chi connectivity index (χ1v) is 5.56. The summed E-state index contributed by atoms with van der Waals surface area (Å²) >= 11 is 5.01. The molecular formula is C10H15NO3S. The van der Waals surface area contributed by atoms with E-state index >= 15 is 0 Å². The SMILES string of the molecule is CCOC(=O)NC(=S)C1CCCCC1=O. The van der Waals surface area contributed by atoms with Crippen molar-refractivity contribution in [1.29, 1.82) is 0 Å². The fourth-order valence-corrected chi connectivity index (χ4v) is 1.95. The Morgan fingerprint density at radius 3 is 2.93 bits per heavy atom. The van der Waals surface area contributed by atoms with Gasteiger partial charge < -0.3 is 4.74 Å². The van der Waals surface area contributed by atoms with Crippen LogP contribution in [0.2, 0.25) is 0 Å². The Bertz CT molecular complexity index is 278. The molecule has 5 heteroatoms. The van der Waals surface area contributed by atoms with Gasteiger partial charge in [-0.15, -0.1) is 0 Å². The van der Waals surface area contributed by atoms with Crippen molar-refractivity contribution in [3.63, 3.8) is 0 Å². The lowest BCUT2D eigenvalue weighted by Crippen LogP contribution is -2.39. The number of Topliss-reactive ketones (excluding diaryl/α,β-unsaturated/α-hetero) is 1. The number of ether oxygens (including phenoxy) is 1. The van der Waals surface area contributed by atoms with E-state index in [0.717, 1.165) is 19.3 Å². The summed E-state index contributed by atoms with van der Waals surface area (Å²) in [6, 6.07) is 0. The van der Waals surface area contributed by atoms with Crippen molar-refractivity contribution in [3.8, 4) is 0 Å². The molecule has 4 nitrogen and oxygen atoms in total. The van der Waals surface area contributed by atoms with E-state index in [-0.39, 0.29) is 11.7 Å². The molecule has 1 aliphatic rings. The largest absolute Gasteiger partial charge is 0.450 e. The third-order valence-electron chi connectivity index (χ3n) is 2.37. The van der Waals surface area contributed by atoms with E-state index in [1.807, 2.05) is 0 Å². The first-order chi connectivity index (χ1) is 7.15. The van der Waals surface area contributed by atoms with Gasteiger partial charge in [0.25, 0.3) is 0 Å². The Morgan fingerprint density at radius 2 is 2.33 bits per heavy atom. The lowest BCUT2D eigenvalue weighted by atomic mass is 9.88. The predicted molar refractivity (Wildman–Crippen MR) is 59.7 cm³/mol. The predicted octanol–water partition coefficient (Wildman–Crippen LogP) is 1.82. The number of rotatable bonds is 2. The number of carbonyl (C=O) groups is 2. The summed E-state index contributed by atoms with van der Waals surface area (Å²) in [5.41, 5.74) is 0. The Morgan fingerprint density at radius 1 is 1.60 bits per heavy atom. The summed E-state index contributed by atoms with van der Waals surface area (Å²) in [7, 11) is 0. The molecule has 0 saturated heterocycles. The average molecular weight is 229 g/mol. The Hall–Kier alpha value is -0.970. The summed E-state index contributed by atoms with van der Waals surface area (Å²) in [6.07, 6.45) is 2.65. The van der Waals surface area contributed by atoms with Gasteiger partial charge in [0.2, 0.25) is 0 Å². The van der Waals surface area contributed by atoms with Crippen LogP contribution in [0.1, 0.15) is 32.6 Å². The van der Waals surface area contributed by atoms with Crippen molar-refractivity contribution < 1.29 is 14.3 Å². The minimum absolute atomic E-state index is 0.128.